The normalized spacial score (nSPS) is 21.4. The molecule has 2 amide bonds. The van der Waals surface area contributed by atoms with E-state index in [9.17, 15) is 24.5 Å². The van der Waals surface area contributed by atoms with Gasteiger partial charge in [0.25, 0.3) is 23.4 Å². The number of anilines is 1. The first kappa shape index (κ1) is 30.1. The van der Waals surface area contributed by atoms with Crippen LogP contribution in [0.15, 0.2) is 33.5 Å². The van der Waals surface area contributed by atoms with Crippen LogP contribution in [0.1, 0.15) is 58.5 Å². The number of nitrogens with zero attached hydrogens (tertiary/aromatic N) is 4. The number of benzene rings is 1. The molecule has 1 aromatic carbocycles. The summed E-state index contributed by atoms with van der Waals surface area (Å²) < 4.78 is 30.9. The monoisotopic (exact) mass is 650 g/mol. The quantitative estimate of drug-likeness (QED) is 0.357. The summed E-state index contributed by atoms with van der Waals surface area (Å²) in [4.78, 5) is 57.3. The van der Waals surface area contributed by atoms with Gasteiger partial charge in [0, 0.05) is 66.6 Å². The van der Waals surface area contributed by atoms with Gasteiger partial charge >= 0.3 is 0 Å². The lowest BCUT2D eigenvalue weighted by Crippen LogP contribution is -2.52. The summed E-state index contributed by atoms with van der Waals surface area (Å²) in [6, 6.07) is 3.79. The Labute approximate surface area is 249 Å². The molecule has 1 aromatic heterocycles. The number of nitro benzene ring substituents is 1. The van der Waals surface area contributed by atoms with Gasteiger partial charge in [-0.05, 0) is 31.9 Å². The third-order valence-electron chi connectivity index (χ3n) is 8.35. The fourth-order valence-corrected chi connectivity index (χ4v) is 6.66. The zero-order valence-corrected chi connectivity index (χ0v) is 24.8. The highest BCUT2D eigenvalue weighted by Crippen LogP contribution is 2.38. The molecule has 5 rings (SSSR count). The minimum absolute atomic E-state index is 0.0365. The Hall–Kier alpha value is -3.39. The minimum Gasteiger partial charge on any atom is -0.369 e. The predicted octanol–water partition coefficient (Wildman–Crippen LogP) is 4.02. The van der Waals surface area contributed by atoms with Crippen molar-refractivity contribution in [3.63, 3.8) is 0 Å². The van der Waals surface area contributed by atoms with Crippen molar-refractivity contribution in [1.82, 2.24) is 19.7 Å². The summed E-state index contributed by atoms with van der Waals surface area (Å²) in [5.41, 5.74) is -1.10. The van der Waals surface area contributed by atoms with E-state index in [1.165, 1.54) is 31.4 Å². The number of aryl methyl sites for hydroxylation is 1. The third-order valence-corrected chi connectivity index (χ3v) is 8.81. The Morgan fingerprint density at radius 1 is 1.05 bits per heavy atom. The molecule has 1 saturated carbocycles. The number of alkyl halides is 2. The molecule has 2 N–H and O–H groups in total. The standard InChI is InChI=1S/C28H33BrF2N6O5/c1-17-11-18(12-24(38)32-17)26(39)36-15-23(28(30,31)16-36)33-25-21(13-19(29)14-22(25)37(41)42)27(40)35-9-7-34(8-10-35)20-5-3-2-4-6-20/h11-14,20,23,33H,2-10,15-16H2,1H3,(H,32,38). The second-order valence-corrected chi connectivity index (χ2v) is 12.2. The lowest BCUT2D eigenvalue weighted by Gasteiger charge is -2.41. The second-order valence-electron chi connectivity index (χ2n) is 11.3. The van der Waals surface area contributed by atoms with Crippen LogP contribution < -0.4 is 10.9 Å². The number of carbonyl (C=O) groups excluding carboxylic acids is 2. The molecule has 3 fully saturated rings. The summed E-state index contributed by atoms with van der Waals surface area (Å²) in [6.07, 6.45) is 5.89. The number of piperazine rings is 1. The Kier molecular flexibility index (Phi) is 8.65. The summed E-state index contributed by atoms with van der Waals surface area (Å²) in [5, 5.41) is 14.6. The molecule has 3 heterocycles. The van der Waals surface area contributed by atoms with Gasteiger partial charge in [-0.1, -0.05) is 35.2 Å². The average molecular weight is 652 g/mol. The Morgan fingerprint density at radius 2 is 1.74 bits per heavy atom. The van der Waals surface area contributed by atoms with E-state index in [4.69, 9.17) is 0 Å². The number of carbonyl (C=O) groups is 2. The van der Waals surface area contributed by atoms with Crippen molar-refractivity contribution in [3.05, 3.63) is 66.0 Å². The summed E-state index contributed by atoms with van der Waals surface area (Å²) >= 11 is 3.23. The second kappa shape index (κ2) is 12.1. The van der Waals surface area contributed by atoms with Crippen LogP contribution in [0.4, 0.5) is 20.2 Å². The number of amides is 2. The summed E-state index contributed by atoms with van der Waals surface area (Å²) in [6.45, 7) is 2.33. The number of nitro groups is 1. The van der Waals surface area contributed by atoms with Crippen LogP contribution in [0.2, 0.25) is 0 Å². The first-order valence-corrected chi connectivity index (χ1v) is 14.9. The lowest BCUT2D eigenvalue weighted by atomic mass is 9.94. The van der Waals surface area contributed by atoms with Gasteiger partial charge in [0.15, 0.2) is 0 Å². The number of hydrogen-bond acceptors (Lipinski definition) is 7. The van der Waals surface area contributed by atoms with Gasteiger partial charge in [-0.25, -0.2) is 8.78 Å². The van der Waals surface area contributed by atoms with Gasteiger partial charge in [-0.3, -0.25) is 29.4 Å². The van der Waals surface area contributed by atoms with Gasteiger partial charge in [0.2, 0.25) is 5.56 Å². The maximum absolute atomic E-state index is 15.3. The van der Waals surface area contributed by atoms with Gasteiger partial charge in [0.1, 0.15) is 11.7 Å². The molecule has 2 saturated heterocycles. The fourth-order valence-electron chi connectivity index (χ4n) is 6.22. The third kappa shape index (κ3) is 6.33. The van der Waals surface area contributed by atoms with Gasteiger partial charge < -0.3 is 20.1 Å². The van der Waals surface area contributed by atoms with E-state index in [0.29, 0.717) is 37.9 Å². The molecule has 226 valence electrons. The molecule has 14 heteroatoms. The molecule has 1 aliphatic carbocycles. The van der Waals surface area contributed by atoms with Crippen LogP contribution in [0, 0.1) is 17.0 Å². The lowest BCUT2D eigenvalue weighted by molar-refractivity contribution is -0.384. The number of hydrogen-bond donors (Lipinski definition) is 2. The van der Waals surface area contributed by atoms with Crippen molar-refractivity contribution in [1.29, 1.82) is 0 Å². The largest absolute Gasteiger partial charge is 0.369 e. The number of likely N-dealkylation sites (tertiary alicyclic amines) is 1. The van der Waals surface area contributed by atoms with Crippen LogP contribution in [0.3, 0.4) is 0 Å². The fraction of sp³-hybridized carbons (Fsp3) is 0.536. The number of rotatable bonds is 6. The molecule has 1 unspecified atom stereocenters. The van der Waals surface area contributed by atoms with Crippen LogP contribution in [-0.2, 0) is 0 Å². The molecule has 42 heavy (non-hydrogen) atoms. The number of aromatic amines is 1. The smallest absolute Gasteiger partial charge is 0.294 e. The Balaban J connectivity index is 1.38. The molecule has 2 aromatic rings. The number of nitrogens with one attached hydrogen (secondary N) is 2. The van der Waals surface area contributed by atoms with Crippen molar-refractivity contribution in [2.24, 2.45) is 0 Å². The first-order valence-electron chi connectivity index (χ1n) is 14.1. The van der Waals surface area contributed by atoms with Crippen molar-refractivity contribution in [2.75, 3.05) is 44.6 Å². The van der Waals surface area contributed by atoms with Crippen molar-refractivity contribution in [2.45, 2.75) is 57.0 Å². The highest BCUT2D eigenvalue weighted by molar-refractivity contribution is 9.10. The van der Waals surface area contributed by atoms with Crippen LogP contribution >= 0.6 is 15.9 Å². The maximum atomic E-state index is 15.3. The van der Waals surface area contributed by atoms with E-state index in [0.717, 1.165) is 29.9 Å². The Morgan fingerprint density at radius 3 is 2.38 bits per heavy atom. The summed E-state index contributed by atoms with van der Waals surface area (Å²) in [5.74, 6) is -4.72. The molecular weight excluding hydrogens is 618 g/mol. The van der Waals surface area contributed by atoms with Gasteiger partial charge in [-0.2, -0.15) is 0 Å². The molecule has 0 radical (unpaired) electrons. The van der Waals surface area contributed by atoms with Gasteiger partial charge in [0.05, 0.1) is 17.0 Å². The molecular formula is C28H33BrF2N6O5. The SMILES string of the molecule is Cc1cc(C(=O)N2CC(Nc3c(C(=O)N4CCN(C5CCCCC5)CC4)cc(Br)cc3[N+](=O)[O-])C(F)(F)C2)cc(=O)[nH]1. The van der Waals surface area contributed by atoms with E-state index in [1.807, 2.05) is 0 Å². The topological polar surface area (TPSA) is 132 Å². The highest BCUT2D eigenvalue weighted by Gasteiger charge is 2.51. The Bertz CT molecular complexity index is 1440. The van der Waals surface area contributed by atoms with Crippen molar-refractivity contribution in [3.8, 4) is 0 Å². The van der Waals surface area contributed by atoms with E-state index in [1.54, 1.807) is 11.8 Å². The summed E-state index contributed by atoms with van der Waals surface area (Å²) in [7, 11) is 0. The average Bonchev–Trinajstić information content (AvgIpc) is 3.26. The van der Waals surface area contributed by atoms with E-state index < -0.39 is 53.0 Å². The molecule has 3 aliphatic rings. The van der Waals surface area contributed by atoms with Crippen LogP contribution in [0.25, 0.3) is 0 Å². The predicted molar refractivity (Wildman–Crippen MR) is 155 cm³/mol. The highest BCUT2D eigenvalue weighted by atomic mass is 79.9. The van der Waals surface area contributed by atoms with E-state index in [2.05, 4.69) is 31.1 Å². The number of H-pyrrole nitrogens is 1. The molecule has 0 bridgehead atoms. The molecule has 0 spiro atoms. The van der Waals surface area contributed by atoms with Crippen molar-refractivity contribution < 1.29 is 23.3 Å². The maximum Gasteiger partial charge on any atom is 0.294 e. The minimum atomic E-state index is -3.47. The van der Waals surface area contributed by atoms with Crippen molar-refractivity contribution >= 4 is 39.1 Å². The van der Waals surface area contributed by atoms with Gasteiger partial charge in [-0.15, -0.1) is 0 Å². The van der Waals surface area contributed by atoms with Crippen LogP contribution in [-0.4, -0.2) is 93.7 Å². The molecule has 1 atom stereocenters. The number of pyridine rings is 1. The number of halogens is 3. The zero-order chi connectivity index (χ0) is 30.2. The molecule has 11 nitrogen and oxygen atoms in total. The van der Waals surface area contributed by atoms with Crippen LogP contribution in [0.5, 0.6) is 0 Å². The first-order chi connectivity index (χ1) is 19.9. The number of aromatic nitrogens is 1. The molecule has 2 aliphatic heterocycles. The zero-order valence-electron chi connectivity index (χ0n) is 23.2. The van der Waals surface area contributed by atoms with E-state index in [-0.39, 0.29) is 21.3 Å². The van der Waals surface area contributed by atoms with E-state index >= 15 is 8.78 Å².